The fourth-order valence-corrected chi connectivity index (χ4v) is 3.71. The fraction of sp³-hybridized carbons (Fsp3) is 0.611. The molecular weight excluding hydrogens is 333 g/mol. The number of aliphatic imine (C=N–C) groups is 1. The van der Waals surface area contributed by atoms with Crippen LogP contribution in [0, 0.1) is 5.92 Å². The number of ether oxygens (including phenoxy) is 1. The van der Waals surface area contributed by atoms with Gasteiger partial charge in [0.05, 0.1) is 13.2 Å². The van der Waals surface area contributed by atoms with Gasteiger partial charge in [0.15, 0.2) is 0 Å². The van der Waals surface area contributed by atoms with Gasteiger partial charge in [-0.25, -0.2) is 19.4 Å². The van der Waals surface area contributed by atoms with E-state index in [4.69, 9.17) is 16.3 Å². The summed E-state index contributed by atoms with van der Waals surface area (Å²) in [5.74, 6) is 1.09. The summed E-state index contributed by atoms with van der Waals surface area (Å²) in [6.07, 6.45) is 15.5. The second-order valence-corrected chi connectivity index (χ2v) is 11.9. The molecule has 5 heteroatoms. The Labute approximate surface area is 145 Å². The maximum atomic E-state index is 14.4. The molecule has 0 radical (unpaired) electrons. The van der Waals surface area contributed by atoms with Crippen molar-refractivity contribution in [2.45, 2.75) is 25.7 Å². The van der Waals surface area contributed by atoms with Crippen LogP contribution in [0.5, 0.6) is 0 Å². The molecule has 2 aliphatic rings. The summed E-state index contributed by atoms with van der Waals surface area (Å²) in [6.45, 7) is 1.42. The summed E-state index contributed by atoms with van der Waals surface area (Å²) < 4.78 is 20.4. The highest BCUT2D eigenvalue weighted by Crippen LogP contribution is 2.36. The molecule has 0 spiro atoms. The van der Waals surface area contributed by atoms with E-state index in [1.165, 1.54) is 0 Å². The summed E-state index contributed by atoms with van der Waals surface area (Å²) in [7, 11) is -0.542. The Morgan fingerprint density at radius 1 is 1.35 bits per heavy atom. The van der Waals surface area contributed by atoms with Crippen molar-refractivity contribution in [2.75, 3.05) is 37.7 Å². The van der Waals surface area contributed by atoms with Gasteiger partial charge >= 0.3 is 0 Å². The van der Waals surface area contributed by atoms with Crippen LogP contribution in [0.4, 0.5) is 4.39 Å². The lowest BCUT2D eigenvalue weighted by atomic mass is 9.89. The Bertz CT molecular complexity index is 546. The van der Waals surface area contributed by atoms with Crippen LogP contribution in [0.1, 0.15) is 25.7 Å². The summed E-state index contributed by atoms with van der Waals surface area (Å²) in [4.78, 5) is 4.15. The zero-order valence-electron chi connectivity index (χ0n) is 14.3. The van der Waals surface area contributed by atoms with E-state index in [0.717, 1.165) is 43.6 Å². The molecule has 0 amide bonds. The summed E-state index contributed by atoms with van der Waals surface area (Å²) in [5, 5.41) is 0.260. The molecule has 130 valence electrons. The molecule has 2 rings (SSSR count). The smallest absolute Gasteiger partial charge is 0.139 e. The van der Waals surface area contributed by atoms with E-state index in [2.05, 4.69) is 23.8 Å². The van der Waals surface area contributed by atoms with E-state index in [-0.39, 0.29) is 16.9 Å². The van der Waals surface area contributed by atoms with Crippen LogP contribution >= 0.6 is 21.6 Å². The zero-order chi connectivity index (χ0) is 16.9. The van der Waals surface area contributed by atoms with Gasteiger partial charge in [-0.05, 0) is 50.5 Å². The van der Waals surface area contributed by atoms with Crippen molar-refractivity contribution in [1.82, 2.24) is 0 Å². The van der Waals surface area contributed by atoms with Crippen molar-refractivity contribution < 1.29 is 9.13 Å². The van der Waals surface area contributed by atoms with E-state index in [1.54, 1.807) is 12.3 Å². The van der Waals surface area contributed by atoms with Gasteiger partial charge in [-0.1, -0.05) is 23.3 Å². The molecule has 0 bridgehead atoms. The van der Waals surface area contributed by atoms with Gasteiger partial charge in [0.1, 0.15) is 11.0 Å². The third-order valence-electron chi connectivity index (χ3n) is 4.13. The minimum absolute atomic E-state index is 0.222. The Hall–Kier alpha value is -0.580. The topological polar surface area (TPSA) is 21.6 Å². The summed E-state index contributed by atoms with van der Waals surface area (Å²) in [6, 6.07) is 0. The predicted molar refractivity (Wildman–Crippen MR) is 102 cm³/mol. The van der Waals surface area contributed by atoms with Crippen molar-refractivity contribution in [1.29, 1.82) is 0 Å². The Balaban J connectivity index is 2.12. The number of halogens is 2. The first-order chi connectivity index (χ1) is 10.9. The normalized spacial score (nSPS) is 24.8. The molecule has 1 atom stereocenters. The minimum Gasteiger partial charge on any atom is -0.380 e. The van der Waals surface area contributed by atoms with Gasteiger partial charge in [0.25, 0.3) is 0 Å². The SMILES string of the molecule is CS(C)(C)CCOCC1CCC=C(F)C2=C1CC/C=C\N=C2Cl. The van der Waals surface area contributed by atoms with Crippen LogP contribution in [-0.2, 0) is 4.74 Å². The van der Waals surface area contributed by atoms with E-state index in [1.807, 2.05) is 6.08 Å². The first kappa shape index (κ1) is 18.8. The van der Waals surface area contributed by atoms with Crippen molar-refractivity contribution in [3.63, 3.8) is 0 Å². The van der Waals surface area contributed by atoms with E-state index in [9.17, 15) is 4.39 Å². The maximum Gasteiger partial charge on any atom is 0.139 e. The van der Waals surface area contributed by atoms with Gasteiger partial charge in [0.2, 0.25) is 0 Å². The Kier molecular flexibility index (Phi) is 6.93. The number of allylic oxidation sites excluding steroid dienone is 4. The number of nitrogens with zero attached hydrogens (tertiary/aromatic N) is 1. The summed E-state index contributed by atoms with van der Waals surface area (Å²) in [5.41, 5.74) is 1.57. The largest absolute Gasteiger partial charge is 0.380 e. The third kappa shape index (κ3) is 5.77. The van der Waals surface area contributed by atoms with Gasteiger partial charge in [-0.2, -0.15) is 0 Å². The van der Waals surface area contributed by atoms with Crippen molar-refractivity contribution in [2.24, 2.45) is 10.9 Å². The van der Waals surface area contributed by atoms with Crippen molar-refractivity contribution in [3.05, 3.63) is 35.3 Å². The van der Waals surface area contributed by atoms with Crippen LogP contribution in [0.2, 0.25) is 0 Å². The quantitative estimate of drug-likeness (QED) is 0.618. The van der Waals surface area contributed by atoms with Crippen LogP contribution in [-0.4, -0.2) is 42.9 Å². The zero-order valence-corrected chi connectivity index (χ0v) is 15.9. The molecule has 2 nitrogen and oxygen atoms in total. The van der Waals surface area contributed by atoms with Gasteiger partial charge < -0.3 is 4.74 Å². The standard InChI is InChI=1S/C18H27ClFNOS/c1-23(2,3)12-11-22-13-14-7-6-9-16(20)17-15(14)8-4-5-10-21-18(17)19/h5,9-10,14H,4,6-8,11-13H2,1-3H3/b10-5-,21-18?. The molecule has 0 fully saturated rings. The molecule has 1 heterocycles. The van der Waals surface area contributed by atoms with Gasteiger partial charge in [-0.3, -0.25) is 0 Å². The molecule has 1 aliphatic heterocycles. The highest BCUT2D eigenvalue weighted by molar-refractivity contribution is 8.32. The van der Waals surface area contributed by atoms with E-state index in [0.29, 0.717) is 12.2 Å². The second kappa shape index (κ2) is 8.50. The number of hydrogen-bond acceptors (Lipinski definition) is 2. The molecule has 0 aromatic rings. The number of rotatable bonds is 5. The molecule has 0 saturated carbocycles. The predicted octanol–water partition coefficient (Wildman–Crippen LogP) is 5.20. The van der Waals surface area contributed by atoms with E-state index < -0.39 is 10.0 Å². The molecule has 1 unspecified atom stereocenters. The fourth-order valence-electron chi connectivity index (χ4n) is 2.82. The number of hydrogen-bond donors (Lipinski definition) is 0. The van der Waals surface area contributed by atoms with Crippen LogP contribution in [0.15, 0.2) is 40.3 Å². The lowest BCUT2D eigenvalue weighted by Crippen LogP contribution is -2.18. The lowest BCUT2D eigenvalue weighted by Gasteiger charge is -2.26. The first-order valence-electron chi connectivity index (χ1n) is 8.10. The highest BCUT2D eigenvalue weighted by atomic mass is 35.5. The Morgan fingerprint density at radius 3 is 2.87 bits per heavy atom. The first-order valence-corrected chi connectivity index (χ1v) is 11.5. The monoisotopic (exact) mass is 359 g/mol. The maximum absolute atomic E-state index is 14.4. The van der Waals surface area contributed by atoms with Gasteiger partial charge in [-0.15, -0.1) is 0 Å². The molecule has 0 saturated heterocycles. The summed E-state index contributed by atoms with van der Waals surface area (Å²) >= 11 is 6.24. The van der Waals surface area contributed by atoms with Gasteiger partial charge in [0, 0.05) is 23.4 Å². The highest BCUT2D eigenvalue weighted by Gasteiger charge is 2.26. The van der Waals surface area contributed by atoms with Crippen molar-refractivity contribution in [3.8, 4) is 0 Å². The molecule has 1 aliphatic carbocycles. The molecule has 23 heavy (non-hydrogen) atoms. The molecule has 0 N–H and O–H groups in total. The van der Waals surface area contributed by atoms with Crippen LogP contribution in [0.3, 0.4) is 0 Å². The average Bonchev–Trinajstić information content (AvgIpc) is 2.58. The van der Waals surface area contributed by atoms with Crippen LogP contribution in [0.25, 0.3) is 0 Å². The van der Waals surface area contributed by atoms with Crippen molar-refractivity contribution >= 4 is 26.8 Å². The lowest BCUT2D eigenvalue weighted by molar-refractivity contribution is 0.119. The van der Waals surface area contributed by atoms with Crippen LogP contribution < -0.4 is 0 Å². The molecular formula is C18H27ClFNOS. The van der Waals surface area contributed by atoms with E-state index >= 15 is 0 Å². The third-order valence-corrected chi connectivity index (χ3v) is 5.81. The average molecular weight is 360 g/mol. The molecule has 0 aromatic carbocycles. The minimum atomic E-state index is -0.542. The molecule has 0 aromatic heterocycles. The Morgan fingerprint density at radius 2 is 2.13 bits per heavy atom. The second-order valence-electron chi connectivity index (χ2n) is 6.94.